The largest absolute Gasteiger partial charge is 0.488 e. The van der Waals surface area contributed by atoms with E-state index >= 15 is 0 Å². The fraction of sp³-hybridized carbons (Fsp3) is 0.0714. The number of ether oxygens (including phenoxy) is 2. The molecular formula is C28H20FNO4S. The normalized spacial score (nSPS) is 11.9. The van der Waals surface area contributed by atoms with Crippen LogP contribution < -0.4 is 9.64 Å². The van der Waals surface area contributed by atoms with Gasteiger partial charge in [-0.05, 0) is 54.1 Å². The van der Waals surface area contributed by atoms with Gasteiger partial charge in [-0.15, -0.1) is 0 Å². The van der Waals surface area contributed by atoms with Gasteiger partial charge in [0.25, 0.3) is 5.91 Å². The molecule has 7 heteroatoms. The fourth-order valence-corrected chi connectivity index (χ4v) is 4.80. The van der Waals surface area contributed by atoms with Gasteiger partial charge in [0.1, 0.15) is 23.7 Å². The zero-order chi connectivity index (χ0) is 24.2. The minimum absolute atomic E-state index is 0.155. The van der Waals surface area contributed by atoms with Crippen molar-refractivity contribution in [3.05, 3.63) is 114 Å². The highest BCUT2D eigenvalue weighted by Crippen LogP contribution is 2.47. The summed E-state index contributed by atoms with van der Waals surface area (Å²) in [6, 6.07) is 27.8. The van der Waals surface area contributed by atoms with Crippen LogP contribution in [0.5, 0.6) is 5.75 Å². The molecule has 5 nitrogen and oxygen atoms in total. The summed E-state index contributed by atoms with van der Waals surface area (Å²) in [4.78, 5) is 29.6. The van der Waals surface area contributed by atoms with Crippen LogP contribution in [0.4, 0.5) is 15.8 Å². The first kappa shape index (κ1) is 22.7. The molecule has 0 saturated carbocycles. The molecule has 0 atom stereocenters. The van der Waals surface area contributed by atoms with Crippen LogP contribution >= 0.6 is 11.8 Å². The summed E-state index contributed by atoms with van der Waals surface area (Å²) in [7, 11) is 0. The van der Waals surface area contributed by atoms with Crippen molar-refractivity contribution in [1.82, 2.24) is 0 Å². The zero-order valence-corrected chi connectivity index (χ0v) is 19.3. The van der Waals surface area contributed by atoms with Gasteiger partial charge in [-0.25, -0.2) is 9.18 Å². The lowest BCUT2D eigenvalue weighted by molar-refractivity contribution is -0.121. The van der Waals surface area contributed by atoms with Gasteiger partial charge in [-0.3, -0.25) is 9.69 Å². The molecule has 5 rings (SSSR count). The Balaban J connectivity index is 1.30. The van der Waals surface area contributed by atoms with Crippen molar-refractivity contribution in [2.24, 2.45) is 0 Å². The van der Waals surface area contributed by atoms with Gasteiger partial charge in [0.15, 0.2) is 6.61 Å². The molecule has 4 aromatic rings. The van der Waals surface area contributed by atoms with Crippen molar-refractivity contribution in [2.45, 2.75) is 16.4 Å². The lowest BCUT2D eigenvalue weighted by Crippen LogP contribution is -2.32. The quantitative estimate of drug-likeness (QED) is 0.296. The highest BCUT2D eigenvalue weighted by molar-refractivity contribution is 7.99. The molecule has 0 saturated heterocycles. The number of esters is 1. The summed E-state index contributed by atoms with van der Waals surface area (Å²) in [5, 5.41) is 0. The molecule has 0 unspecified atom stereocenters. The predicted molar refractivity (Wildman–Crippen MR) is 132 cm³/mol. The first-order chi connectivity index (χ1) is 17.1. The Morgan fingerprint density at radius 3 is 2.06 bits per heavy atom. The van der Waals surface area contributed by atoms with Crippen LogP contribution in [0.2, 0.25) is 0 Å². The van der Waals surface area contributed by atoms with Crippen molar-refractivity contribution in [2.75, 3.05) is 11.5 Å². The maximum absolute atomic E-state index is 13.3. The Labute approximate surface area is 206 Å². The van der Waals surface area contributed by atoms with E-state index in [2.05, 4.69) is 0 Å². The van der Waals surface area contributed by atoms with E-state index in [1.807, 2.05) is 48.5 Å². The molecule has 0 aliphatic carbocycles. The number of para-hydroxylation sites is 3. The number of hydrogen-bond donors (Lipinski definition) is 0. The van der Waals surface area contributed by atoms with E-state index in [4.69, 9.17) is 9.47 Å². The van der Waals surface area contributed by atoms with Crippen LogP contribution in [-0.2, 0) is 16.1 Å². The standard InChI is InChI=1S/C28H20FNO4S/c29-20-15-13-19(14-16-20)17-33-24-10-4-1-7-21(24)28(32)34-18-27(31)30-22-8-2-5-11-25(22)35-26-12-6-3-9-23(26)30/h1-16H,17-18H2. The smallest absolute Gasteiger partial charge is 0.342 e. The minimum Gasteiger partial charge on any atom is -0.488 e. The molecule has 1 aliphatic heterocycles. The molecule has 4 aromatic carbocycles. The molecule has 0 N–H and O–H groups in total. The topological polar surface area (TPSA) is 55.8 Å². The average Bonchev–Trinajstić information content (AvgIpc) is 2.90. The number of carbonyl (C=O) groups is 2. The Bertz CT molecular complexity index is 1340. The molecule has 1 heterocycles. The van der Waals surface area contributed by atoms with Crippen LogP contribution in [0, 0.1) is 5.82 Å². The molecule has 0 bridgehead atoms. The van der Waals surface area contributed by atoms with Crippen molar-refractivity contribution < 1.29 is 23.5 Å². The van der Waals surface area contributed by atoms with Crippen LogP contribution in [0.25, 0.3) is 0 Å². The van der Waals surface area contributed by atoms with E-state index < -0.39 is 12.6 Å². The Kier molecular flexibility index (Phi) is 6.50. The number of nitrogens with zero attached hydrogens (tertiary/aromatic N) is 1. The monoisotopic (exact) mass is 485 g/mol. The summed E-state index contributed by atoms with van der Waals surface area (Å²) in [6.45, 7) is -0.277. The van der Waals surface area contributed by atoms with E-state index in [9.17, 15) is 14.0 Å². The van der Waals surface area contributed by atoms with Gasteiger partial charge < -0.3 is 9.47 Å². The van der Waals surface area contributed by atoms with E-state index in [0.717, 1.165) is 26.7 Å². The number of halogens is 1. The fourth-order valence-electron chi connectivity index (χ4n) is 3.75. The van der Waals surface area contributed by atoms with Crippen molar-refractivity contribution in [3.8, 4) is 5.75 Å². The summed E-state index contributed by atoms with van der Waals surface area (Å²) < 4.78 is 24.3. The van der Waals surface area contributed by atoms with Crippen LogP contribution in [0.3, 0.4) is 0 Å². The van der Waals surface area contributed by atoms with Crippen molar-refractivity contribution in [3.63, 3.8) is 0 Å². The maximum atomic E-state index is 13.3. The molecule has 0 aromatic heterocycles. The lowest BCUT2D eigenvalue weighted by atomic mass is 10.2. The number of hydrogen-bond acceptors (Lipinski definition) is 5. The van der Waals surface area contributed by atoms with Crippen molar-refractivity contribution >= 4 is 35.0 Å². The third-order valence-corrected chi connectivity index (χ3v) is 6.55. The first-order valence-corrected chi connectivity index (χ1v) is 11.7. The molecule has 0 radical (unpaired) electrons. The molecule has 1 aliphatic rings. The third kappa shape index (κ3) is 4.90. The Morgan fingerprint density at radius 1 is 0.771 bits per heavy atom. The summed E-state index contributed by atoms with van der Waals surface area (Å²) >= 11 is 1.59. The van der Waals surface area contributed by atoms with Gasteiger partial charge in [0.2, 0.25) is 0 Å². The average molecular weight is 486 g/mol. The number of rotatable bonds is 6. The second-order valence-electron chi connectivity index (χ2n) is 7.75. The lowest BCUT2D eigenvalue weighted by Gasteiger charge is -2.30. The third-order valence-electron chi connectivity index (χ3n) is 5.42. The van der Waals surface area contributed by atoms with Crippen LogP contribution in [0.15, 0.2) is 107 Å². The summed E-state index contributed by atoms with van der Waals surface area (Å²) in [5.41, 5.74) is 2.46. The van der Waals surface area contributed by atoms with Gasteiger partial charge >= 0.3 is 5.97 Å². The predicted octanol–water partition coefficient (Wildman–Crippen LogP) is 6.39. The highest BCUT2D eigenvalue weighted by Gasteiger charge is 2.28. The van der Waals surface area contributed by atoms with Crippen LogP contribution in [0.1, 0.15) is 15.9 Å². The highest BCUT2D eigenvalue weighted by atomic mass is 32.2. The van der Waals surface area contributed by atoms with E-state index in [1.165, 1.54) is 12.1 Å². The first-order valence-electron chi connectivity index (χ1n) is 10.9. The molecular weight excluding hydrogens is 465 g/mol. The Morgan fingerprint density at radius 2 is 1.37 bits per heavy atom. The second kappa shape index (κ2) is 10.0. The van der Waals surface area contributed by atoms with E-state index in [-0.39, 0.29) is 23.9 Å². The van der Waals surface area contributed by atoms with E-state index in [0.29, 0.717) is 5.75 Å². The van der Waals surface area contributed by atoms with Gasteiger partial charge in [-0.2, -0.15) is 0 Å². The molecule has 0 spiro atoms. The SMILES string of the molecule is O=C(OCC(=O)N1c2ccccc2Sc2ccccc21)c1ccccc1OCc1ccc(F)cc1. The molecule has 1 amide bonds. The van der Waals surface area contributed by atoms with Gasteiger partial charge in [0, 0.05) is 9.79 Å². The van der Waals surface area contributed by atoms with Crippen LogP contribution in [-0.4, -0.2) is 18.5 Å². The summed E-state index contributed by atoms with van der Waals surface area (Å²) in [5.74, 6) is -1.04. The zero-order valence-electron chi connectivity index (χ0n) is 18.5. The summed E-state index contributed by atoms with van der Waals surface area (Å²) in [6.07, 6.45) is 0. The molecule has 174 valence electrons. The number of amides is 1. The molecule has 35 heavy (non-hydrogen) atoms. The number of benzene rings is 4. The van der Waals surface area contributed by atoms with Gasteiger partial charge in [0.05, 0.1) is 11.4 Å². The maximum Gasteiger partial charge on any atom is 0.342 e. The van der Waals surface area contributed by atoms with Crippen molar-refractivity contribution in [1.29, 1.82) is 0 Å². The minimum atomic E-state index is -0.666. The number of carbonyl (C=O) groups excluding carboxylic acids is 2. The second-order valence-corrected chi connectivity index (χ2v) is 8.84. The van der Waals surface area contributed by atoms with Gasteiger partial charge in [-0.1, -0.05) is 60.3 Å². The number of fused-ring (bicyclic) bond motifs is 2. The molecule has 0 fully saturated rings. The van der Waals surface area contributed by atoms with E-state index in [1.54, 1.807) is 53.1 Å². The number of anilines is 2. The Hall–Kier alpha value is -4.10.